The van der Waals surface area contributed by atoms with Crippen LogP contribution < -0.4 is 10.1 Å². The Labute approximate surface area is 204 Å². The molecule has 0 unspecified atom stereocenters. The van der Waals surface area contributed by atoms with E-state index in [1.165, 1.54) is 0 Å². The number of ether oxygens (including phenoxy) is 1. The molecule has 2 N–H and O–H groups in total. The predicted octanol–water partition coefficient (Wildman–Crippen LogP) is 3.81. The summed E-state index contributed by atoms with van der Waals surface area (Å²) in [6.45, 7) is 0.413. The van der Waals surface area contributed by atoms with Crippen molar-refractivity contribution in [2.45, 2.75) is 44.0 Å². The van der Waals surface area contributed by atoms with Crippen LogP contribution in [0.15, 0.2) is 60.9 Å². The van der Waals surface area contributed by atoms with Gasteiger partial charge in [0.05, 0.1) is 19.8 Å². The van der Waals surface area contributed by atoms with Gasteiger partial charge in [-0.15, -0.1) is 0 Å². The molecule has 178 valence electrons. The first kappa shape index (κ1) is 24.1. The molecule has 0 radical (unpaired) electrons. The largest absolute Gasteiger partial charge is 0.481 e. The van der Waals surface area contributed by atoms with E-state index in [1.807, 2.05) is 42.5 Å². The summed E-state index contributed by atoms with van der Waals surface area (Å²) in [4.78, 5) is 22.8. The monoisotopic (exact) mass is 480 g/mol. The highest BCUT2D eigenvalue weighted by Crippen LogP contribution is 2.27. The van der Waals surface area contributed by atoms with Gasteiger partial charge in [-0.2, -0.15) is 0 Å². The fraction of sp³-hybridized carbons (Fsp3) is 0.346. The minimum Gasteiger partial charge on any atom is -0.481 e. The summed E-state index contributed by atoms with van der Waals surface area (Å²) >= 11 is 5.85. The summed E-state index contributed by atoms with van der Waals surface area (Å²) in [6, 6.07) is 15.2. The number of halogens is 1. The number of hydrogen-bond donors (Lipinski definition) is 2. The second-order valence-electron chi connectivity index (χ2n) is 8.64. The Morgan fingerprint density at radius 1 is 1.21 bits per heavy atom. The lowest BCUT2D eigenvalue weighted by Gasteiger charge is -2.20. The van der Waals surface area contributed by atoms with Crippen LogP contribution in [-0.2, 0) is 13.0 Å². The van der Waals surface area contributed by atoms with Gasteiger partial charge >= 0.3 is 0 Å². The van der Waals surface area contributed by atoms with Crippen LogP contribution in [0.25, 0.3) is 0 Å². The zero-order valence-electron chi connectivity index (χ0n) is 19.3. The van der Waals surface area contributed by atoms with Gasteiger partial charge in [0.25, 0.3) is 5.91 Å². The maximum atomic E-state index is 12.9. The van der Waals surface area contributed by atoms with Crippen molar-refractivity contribution < 1.29 is 14.6 Å². The molecular weight excluding hydrogens is 452 g/mol. The van der Waals surface area contributed by atoms with Gasteiger partial charge in [-0.1, -0.05) is 35.9 Å². The summed E-state index contributed by atoms with van der Waals surface area (Å²) in [5.41, 5.74) is 3.40. The van der Waals surface area contributed by atoms with E-state index < -0.39 is 6.10 Å². The molecule has 3 atom stereocenters. The fourth-order valence-electron chi connectivity index (χ4n) is 4.40. The number of amides is 1. The quantitative estimate of drug-likeness (QED) is 0.477. The number of nitrogens with zero attached hydrogens (tertiary/aromatic N) is 3. The maximum Gasteiger partial charge on any atom is 0.253 e. The molecule has 7 nitrogen and oxygen atoms in total. The number of carbonyl (C=O) groups excluding carboxylic acids is 1. The molecule has 3 heterocycles. The Morgan fingerprint density at radius 2 is 2.00 bits per heavy atom. The highest BCUT2D eigenvalue weighted by atomic mass is 35.5. The smallest absolute Gasteiger partial charge is 0.253 e. The SMILES string of the molecule is COc1ncccc1CN(C)C(=O)c1ccc(C[C@@H]2CC[C@H]([C@H](O)c3ccc(Cl)nc3)N2)cc1. The van der Waals surface area contributed by atoms with Crippen molar-refractivity contribution in [2.24, 2.45) is 0 Å². The third-order valence-corrected chi connectivity index (χ3v) is 6.45. The molecule has 1 amide bonds. The average Bonchev–Trinajstić information content (AvgIpc) is 3.33. The van der Waals surface area contributed by atoms with Crippen LogP contribution in [-0.4, -0.2) is 52.1 Å². The summed E-state index contributed by atoms with van der Waals surface area (Å²) in [5, 5.41) is 14.6. The topological polar surface area (TPSA) is 87.6 Å². The second-order valence-corrected chi connectivity index (χ2v) is 9.03. The van der Waals surface area contributed by atoms with Gasteiger partial charge in [0, 0.05) is 48.2 Å². The van der Waals surface area contributed by atoms with Crippen LogP contribution >= 0.6 is 11.6 Å². The number of benzene rings is 1. The number of methoxy groups -OCH3 is 1. The lowest BCUT2D eigenvalue weighted by Crippen LogP contribution is -2.35. The van der Waals surface area contributed by atoms with Crippen LogP contribution in [0.2, 0.25) is 5.15 Å². The Balaban J connectivity index is 1.32. The fourth-order valence-corrected chi connectivity index (χ4v) is 4.51. The van der Waals surface area contributed by atoms with Crippen LogP contribution in [0.1, 0.15) is 46.0 Å². The minimum atomic E-state index is -0.622. The number of pyridine rings is 2. The van der Waals surface area contributed by atoms with Gasteiger partial charge in [0.15, 0.2) is 0 Å². The van der Waals surface area contributed by atoms with Crippen molar-refractivity contribution in [2.75, 3.05) is 14.2 Å². The molecule has 8 heteroatoms. The highest BCUT2D eigenvalue weighted by Gasteiger charge is 2.30. The molecule has 3 aromatic rings. The first-order chi connectivity index (χ1) is 16.4. The third kappa shape index (κ3) is 5.73. The van der Waals surface area contributed by atoms with Crippen molar-refractivity contribution in [3.8, 4) is 5.88 Å². The van der Waals surface area contributed by atoms with Crippen LogP contribution in [0, 0.1) is 0 Å². The number of nitrogens with one attached hydrogen (secondary N) is 1. The molecule has 0 spiro atoms. The molecule has 0 aliphatic carbocycles. The van der Waals surface area contributed by atoms with E-state index in [0.29, 0.717) is 23.1 Å². The van der Waals surface area contributed by atoms with Gasteiger partial charge in [-0.25, -0.2) is 9.97 Å². The van der Waals surface area contributed by atoms with Crippen LogP contribution in [0.5, 0.6) is 5.88 Å². The average molecular weight is 481 g/mol. The molecule has 0 saturated carbocycles. The van der Waals surface area contributed by atoms with Crippen molar-refractivity contribution in [3.05, 3.63) is 88.3 Å². The number of aliphatic hydroxyl groups excluding tert-OH is 1. The number of hydrogen-bond acceptors (Lipinski definition) is 6. The van der Waals surface area contributed by atoms with Crippen molar-refractivity contribution in [3.63, 3.8) is 0 Å². The molecular formula is C26H29ClN4O3. The highest BCUT2D eigenvalue weighted by molar-refractivity contribution is 6.29. The summed E-state index contributed by atoms with van der Waals surface area (Å²) in [7, 11) is 3.34. The number of aromatic nitrogens is 2. The van der Waals surface area contributed by atoms with Gasteiger partial charge in [0.1, 0.15) is 5.15 Å². The third-order valence-electron chi connectivity index (χ3n) is 6.23. The Morgan fingerprint density at radius 3 is 2.71 bits per heavy atom. The van der Waals surface area contributed by atoms with Gasteiger partial charge < -0.3 is 20.1 Å². The Kier molecular flexibility index (Phi) is 7.77. The zero-order valence-corrected chi connectivity index (χ0v) is 20.1. The minimum absolute atomic E-state index is 0.0213. The summed E-state index contributed by atoms with van der Waals surface area (Å²) < 4.78 is 5.28. The predicted molar refractivity (Wildman–Crippen MR) is 131 cm³/mol. The van der Waals surface area contributed by atoms with E-state index in [4.69, 9.17) is 16.3 Å². The molecule has 1 aliphatic rings. The molecule has 1 saturated heterocycles. The second kappa shape index (κ2) is 11.0. The molecule has 1 aliphatic heterocycles. The number of carbonyl (C=O) groups is 1. The Bertz CT molecular complexity index is 1110. The lowest BCUT2D eigenvalue weighted by molar-refractivity contribution is 0.0784. The standard InChI is InChI=1S/C26H29ClN4O3/c1-31(16-20-4-3-13-28-25(20)34-2)26(33)18-7-5-17(6-8-18)14-21-10-11-22(30-21)24(32)19-9-12-23(27)29-15-19/h3-9,12-13,15,21-22,24,30,32H,10-11,14,16H2,1-2H3/t21-,22+,24+/m0/s1. The number of rotatable bonds is 8. The molecule has 2 aromatic heterocycles. The molecule has 1 fully saturated rings. The van der Waals surface area contributed by atoms with Crippen molar-refractivity contribution in [1.82, 2.24) is 20.2 Å². The van der Waals surface area contributed by atoms with E-state index >= 15 is 0 Å². The van der Waals surface area contributed by atoms with E-state index in [-0.39, 0.29) is 18.0 Å². The first-order valence-electron chi connectivity index (χ1n) is 11.3. The van der Waals surface area contributed by atoms with Crippen LogP contribution in [0.3, 0.4) is 0 Å². The lowest BCUT2D eigenvalue weighted by atomic mass is 10.0. The van der Waals surface area contributed by atoms with Gasteiger partial charge in [0.2, 0.25) is 5.88 Å². The van der Waals surface area contributed by atoms with E-state index in [1.54, 1.807) is 37.5 Å². The van der Waals surface area contributed by atoms with Crippen molar-refractivity contribution in [1.29, 1.82) is 0 Å². The molecule has 34 heavy (non-hydrogen) atoms. The number of aliphatic hydroxyl groups is 1. The van der Waals surface area contributed by atoms with E-state index in [9.17, 15) is 9.90 Å². The molecule has 0 bridgehead atoms. The van der Waals surface area contributed by atoms with E-state index in [2.05, 4.69) is 15.3 Å². The summed E-state index contributed by atoms with van der Waals surface area (Å²) in [5.74, 6) is 0.466. The molecule has 1 aromatic carbocycles. The maximum absolute atomic E-state index is 12.9. The van der Waals surface area contributed by atoms with E-state index in [0.717, 1.165) is 36.0 Å². The molecule has 4 rings (SSSR count). The zero-order chi connectivity index (χ0) is 24.1. The van der Waals surface area contributed by atoms with Gasteiger partial charge in [-0.3, -0.25) is 4.79 Å². The van der Waals surface area contributed by atoms with Crippen molar-refractivity contribution >= 4 is 17.5 Å². The van der Waals surface area contributed by atoms with Crippen LogP contribution in [0.4, 0.5) is 0 Å². The normalized spacial score (nSPS) is 18.5. The van der Waals surface area contributed by atoms with Gasteiger partial charge in [-0.05, 0) is 49.1 Å². The summed E-state index contributed by atoms with van der Waals surface area (Å²) in [6.07, 6.45) is 5.36. The Hall–Kier alpha value is -3.00. The first-order valence-corrected chi connectivity index (χ1v) is 11.7.